The molecule has 1 radical (unpaired) electrons. The number of esters is 1. The molecule has 0 aliphatic heterocycles. The third-order valence-corrected chi connectivity index (χ3v) is 0.625. The zero-order chi connectivity index (χ0) is 6.57. The van der Waals surface area contributed by atoms with Gasteiger partial charge in [0.25, 0.3) is 0 Å². The van der Waals surface area contributed by atoms with Gasteiger partial charge >= 0.3 is 5.97 Å². The van der Waals surface area contributed by atoms with Crippen molar-refractivity contribution < 1.29 is 9.53 Å². The number of halogens is 1. The van der Waals surface area contributed by atoms with Crippen molar-refractivity contribution in [3.63, 3.8) is 0 Å². The van der Waals surface area contributed by atoms with E-state index in [4.69, 9.17) is 18.2 Å². The Labute approximate surface area is 53.1 Å². The fourth-order valence-electron chi connectivity index (χ4n) is 0.200. The minimum absolute atomic E-state index is 0.298. The van der Waals surface area contributed by atoms with E-state index in [1.807, 2.05) is 0 Å². The molecule has 45 valence electrons. The Morgan fingerprint density at radius 1 is 1.88 bits per heavy atom. The highest BCUT2D eigenvalue weighted by Crippen LogP contribution is 1.97. The summed E-state index contributed by atoms with van der Waals surface area (Å²) in [5.74, 6) is -0.658. The highest BCUT2D eigenvalue weighted by Gasteiger charge is 2.01. The van der Waals surface area contributed by atoms with E-state index in [-0.39, 0.29) is 5.03 Å². The Kier molecular flexibility index (Phi) is 3.28. The average Bonchev–Trinajstić information content (AvgIpc) is 1.67. The lowest BCUT2D eigenvalue weighted by molar-refractivity contribution is -0.137. The summed E-state index contributed by atoms with van der Waals surface area (Å²) >= 11 is 5.03. The molecule has 0 aromatic rings. The molecule has 0 spiro atoms. The fourth-order valence-corrected chi connectivity index (χ4v) is 0.255. The van der Waals surface area contributed by atoms with Gasteiger partial charge in [0.2, 0.25) is 0 Å². The lowest BCUT2D eigenvalue weighted by atomic mass is 10.6. The second-order valence-corrected chi connectivity index (χ2v) is 1.48. The first kappa shape index (κ1) is 7.50. The summed E-state index contributed by atoms with van der Waals surface area (Å²) in [5.41, 5.74) is 0. The van der Waals surface area contributed by atoms with Gasteiger partial charge in [-0.1, -0.05) is 11.6 Å². The first-order chi connectivity index (χ1) is 3.68. The molecule has 0 fully saturated rings. The Bertz CT molecular complexity index is 109. The van der Waals surface area contributed by atoms with Gasteiger partial charge in [-0.15, -0.1) is 0 Å². The summed E-state index contributed by atoms with van der Waals surface area (Å²) in [5, 5.41) is -0.327. The summed E-state index contributed by atoms with van der Waals surface area (Å²) in [6.07, 6.45) is 0. The number of rotatable bonds is 2. The van der Waals surface area contributed by atoms with Crippen LogP contribution in [0.1, 0.15) is 6.92 Å². The fraction of sp³-hybridized carbons (Fsp3) is 0.400. The smallest absolute Gasteiger partial charge is 0.349 e. The Balaban J connectivity index is 3.49. The molecule has 2 nitrogen and oxygen atoms in total. The maximum atomic E-state index is 10.2. The predicted octanol–water partition coefficient (Wildman–Crippen LogP) is 1.11. The normalized spacial score (nSPS) is 8.25. The van der Waals surface area contributed by atoms with Gasteiger partial charge in [-0.05, 0) is 13.5 Å². The van der Waals surface area contributed by atoms with Crippen molar-refractivity contribution in [3.8, 4) is 0 Å². The van der Waals surface area contributed by atoms with Gasteiger partial charge in [-0.2, -0.15) is 0 Å². The van der Waals surface area contributed by atoms with Crippen molar-refractivity contribution in [2.45, 2.75) is 6.92 Å². The molecule has 0 aromatic carbocycles. The molecule has 0 saturated carbocycles. The number of carbonyl (C=O) groups is 1. The van der Waals surface area contributed by atoms with Crippen LogP contribution in [0.3, 0.4) is 0 Å². The van der Waals surface area contributed by atoms with E-state index in [0.29, 0.717) is 6.61 Å². The van der Waals surface area contributed by atoms with Crippen LogP contribution in [-0.2, 0) is 9.53 Å². The minimum Gasteiger partial charge on any atom is -0.462 e. The average molecular weight is 134 g/mol. The molecule has 0 bridgehead atoms. The molecule has 0 aromatic heterocycles. The molecule has 0 atom stereocenters. The number of carbonyl (C=O) groups excluding carboxylic acids is 1. The van der Waals surface area contributed by atoms with Crippen molar-refractivity contribution in [2.24, 2.45) is 0 Å². The minimum atomic E-state index is -0.658. The van der Waals surface area contributed by atoms with Crippen molar-refractivity contribution >= 4 is 17.6 Å². The Morgan fingerprint density at radius 2 is 2.38 bits per heavy atom. The molecule has 0 heterocycles. The topological polar surface area (TPSA) is 26.3 Å². The molecule has 0 aliphatic rings. The number of hydrogen-bond acceptors (Lipinski definition) is 2. The quantitative estimate of drug-likeness (QED) is 0.417. The molecule has 0 rings (SSSR count). The number of ether oxygens (including phenoxy) is 1. The van der Waals surface area contributed by atoms with Crippen LogP contribution >= 0.6 is 11.6 Å². The third kappa shape index (κ3) is 2.64. The van der Waals surface area contributed by atoms with Crippen molar-refractivity contribution in [3.05, 3.63) is 11.6 Å². The van der Waals surface area contributed by atoms with Gasteiger partial charge in [0.15, 0.2) is 0 Å². The standard InChI is InChI=1S/C5H6ClO2/c1-3-8-5(7)4(2)6/h2H,3H2,1H3. The second-order valence-electron chi connectivity index (χ2n) is 1.07. The Hall–Kier alpha value is -0.500. The summed E-state index contributed by atoms with van der Waals surface area (Å²) in [6, 6.07) is 0. The highest BCUT2D eigenvalue weighted by molar-refractivity contribution is 6.40. The van der Waals surface area contributed by atoms with E-state index < -0.39 is 5.97 Å². The monoisotopic (exact) mass is 133 g/mol. The molecule has 0 N–H and O–H groups in total. The van der Waals surface area contributed by atoms with Gasteiger partial charge in [-0.25, -0.2) is 4.79 Å². The SMILES string of the molecule is [CH]=C(Cl)C(=O)OCC. The zero-order valence-electron chi connectivity index (χ0n) is 4.48. The molecule has 0 amide bonds. The molecular weight excluding hydrogens is 128 g/mol. The summed E-state index contributed by atoms with van der Waals surface area (Å²) in [7, 11) is 0. The van der Waals surface area contributed by atoms with Crippen LogP contribution in [0.25, 0.3) is 0 Å². The number of hydrogen-bond donors (Lipinski definition) is 0. The van der Waals surface area contributed by atoms with Crippen LogP contribution in [0.15, 0.2) is 5.03 Å². The second kappa shape index (κ2) is 3.50. The van der Waals surface area contributed by atoms with Crippen molar-refractivity contribution in [2.75, 3.05) is 6.61 Å². The summed E-state index contributed by atoms with van der Waals surface area (Å²) < 4.78 is 4.37. The molecular formula is C5H6ClO2. The van der Waals surface area contributed by atoms with E-state index in [1.54, 1.807) is 6.92 Å². The van der Waals surface area contributed by atoms with Crippen LogP contribution in [-0.4, -0.2) is 12.6 Å². The van der Waals surface area contributed by atoms with Crippen LogP contribution in [0.5, 0.6) is 0 Å². The van der Waals surface area contributed by atoms with E-state index in [1.165, 1.54) is 0 Å². The molecule has 0 aliphatic carbocycles. The summed E-state index contributed by atoms with van der Waals surface area (Å²) in [4.78, 5) is 10.2. The van der Waals surface area contributed by atoms with Crippen LogP contribution < -0.4 is 0 Å². The molecule has 3 heteroatoms. The Morgan fingerprint density at radius 3 is 2.50 bits per heavy atom. The maximum absolute atomic E-state index is 10.2. The largest absolute Gasteiger partial charge is 0.462 e. The van der Waals surface area contributed by atoms with Gasteiger partial charge in [0.1, 0.15) is 5.03 Å². The van der Waals surface area contributed by atoms with Crippen molar-refractivity contribution in [1.29, 1.82) is 0 Å². The first-order valence-corrected chi connectivity index (χ1v) is 2.51. The lowest BCUT2D eigenvalue weighted by Gasteiger charge is -1.94. The van der Waals surface area contributed by atoms with Crippen molar-refractivity contribution in [1.82, 2.24) is 0 Å². The van der Waals surface area contributed by atoms with E-state index >= 15 is 0 Å². The maximum Gasteiger partial charge on any atom is 0.349 e. The van der Waals surface area contributed by atoms with Crippen LogP contribution in [0.4, 0.5) is 0 Å². The van der Waals surface area contributed by atoms with Gasteiger partial charge in [0, 0.05) is 0 Å². The van der Waals surface area contributed by atoms with E-state index in [2.05, 4.69) is 4.74 Å². The van der Waals surface area contributed by atoms with Crippen LogP contribution in [0.2, 0.25) is 0 Å². The van der Waals surface area contributed by atoms with Gasteiger partial charge < -0.3 is 4.74 Å². The molecule has 0 unspecified atom stereocenters. The van der Waals surface area contributed by atoms with E-state index in [9.17, 15) is 4.79 Å². The lowest BCUT2D eigenvalue weighted by Crippen LogP contribution is -2.01. The zero-order valence-corrected chi connectivity index (χ0v) is 5.23. The third-order valence-electron chi connectivity index (χ3n) is 0.470. The first-order valence-electron chi connectivity index (χ1n) is 2.13. The van der Waals surface area contributed by atoms with Crippen LogP contribution in [0, 0.1) is 6.58 Å². The van der Waals surface area contributed by atoms with Gasteiger partial charge in [-0.3, -0.25) is 0 Å². The van der Waals surface area contributed by atoms with E-state index in [0.717, 1.165) is 0 Å². The molecule has 0 saturated heterocycles. The summed E-state index contributed by atoms with van der Waals surface area (Å²) in [6.45, 7) is 6.81. The predicted molar refractivity (Wildman–Crippen MR) is 30.3 cm³/mol. The van der Waals surface area contributed by atoms with Gasteiger partial charge in [0.05, 0.1) is 6.61 Å². The highest BCUT2D eigenvalue weighted by atomic mass is 35.5. The molecule has 8 heavy (non-hydrogen) atoms.